The van der Waals surface area contributed by atoms with Crippen molar-refractivity contribution in [1.82, 2.24) is 14.7 Å². The third-order valence-corrected chi connectivity index (χ3v) is 8.51. The van der Waals surface area contributed by atoms with Crippen LogP contribution in [0.25, 0.3) is 0 Å². The lowest BCUT2D eigenvalue weighted by molar-refractivity contribution is -0.188. The molecule has 1 aliphatic carbocycles. The largest absolute Gasteiger partial charge is 0.363 e. The molecule has 4 aliphatic rings. The average Bonchev–Trinajstić information content (AvgIpc) is 3.34. The summed E-state index contributed by atoms with van der Waals surface area (Å²) in [6.45, 7) is 10.4. The fourth-order valence-corrected chi connectivity index (χ4v) is 6.64. The van der Waals surface area contributed by atoms with Gasteiger partial charge in [0.1, 0.15) is 0 Å². The third kappa shape index (κ3) is 4.13. The summed E-state index contributed by atoms with van der Waals surface area (Å²) in [6.07, 6.45) is 9.49. The quantitative estimate of drug-likeness (QED) is 0.537. The summed E-state index contributed by atoms with van der Waals surface area (Å²) >= 11 is 5.64. The van der Waals surface area contributed by atoms with Crippen LogP contribution in [-0.4, -0.2) is 82.6 Å². The van der Waals surface area contributed by atoms with Crippen molar-refractivity contribution in [3.8, 4) is 0 Å². The second-order valence-electron chi connectivity index (χ2n) is 9.59. The molecule has 0 aromatic rings. The summed E-state index contributed by atoms with van der Waals surface area (Å²) < 4.78 is 5.38. The Morgan fingerprint density at radius 1 is 1.14 bits per heavy atom. The molecule has 0 amide bonds. The molecule has 3 heterocycles. The van der Waals surface area contributed by atoms with Crippen LogP contribution in [0.15, 0.2) is 0 Å². The number of thiocarbonyl (C=S) groups is 1. The van der Waals surface area contributed by atoms with Crippen LogP contribution in [-0.2, 0) is 4.74 Å². The highest BCUT2D eigenvalue weighted by atomic mass is 32.1. The highest BCUT2D eigenvalue weighted by molar-refractivity contribution is 7.80. The van der Waals surface area contributed by atoms with Gasteiger partial charge in [-0.15, -0.1) is 0 Å². The van der Waals surface area contributed by atoms with Gasteiger partial charge >= 0.3 is 0 Å². The molecule has 28 heavy (non-hydrogen) atoms. The first-order chi connectivity index (χ1) is 13.5. The van der Waals surface area contributed by atoms with Crippen LogP contribution in [0.5, 0.6) is 0 Å². The number of aliphatic hydroxyl groups excluding tert-OH is 1. The Morgan fingerprint density at radius 2 is 1.89 bits per heavy atom. The summed E-state index contributed by atoms with van der Waals surface area (Å²) in [5, 5.41) is 10.1. The maximum atomic E-state index is 10.1. The maximum absolute atomic E-state index is 10.1. The maximum Gasteiger partial charge on any atom is 0.216 e. The summed E-state index contributed by atoms with van der Waals surface area (Å²) in [6, 6.07) is 1.48. The van der Waals surface area contributed by atoms with Gasteiger partial charge in [-0.1, -0.05) is 19.1 Å². The Bertz CT molecular complexity index is 546. The van der Waals surface area contributed by atoms with Gasteiger partial charge in [-0.3, -0.25) is 4.90 Å². The monoisotopic (exact) mass is 409 g/mol. The molecule has 0 aromatic heterocycles. The van der Waals surface area contributed by atoms with Crippen molar-refractivity contribution in [1.29, 1.82) is 0 Å². The van der Waals surface area contributed by atoms with E-state index in [4.69, 9.17) is 17.0 Å². The Labute approximate surface area is 176 Å². The second-order valence-corrected chi connectivity index (χ2v) is 10.1. The van der Waals surface area contributed by atoms with Crippen molar-refractivity contribution >= 4 is 17.2 Å². The molecule has 0 aromatic carbocycles. The average molecular weight is 410 g/mol. The van der Waals surface area contributed by atoms with Gasteiger partial charge in [-0.05, 0) is 82.7 Å². The summed E-state index contributed by atoms with van der Waals surface area (Å²) in [4.78, 5) is 8.63. The Morgan fingerprint density at radius 3 is 2.57 bits per heavy atom. The smallest absolute Gasteiger partial charge is 0.216 e. The van der Waals surface area contributed by atoms with Crippen molar-refractivity contribution in [2.24, 2.45) is 11.3 Å². The van der Waals surface area contributed by atoms with Crippen LogP contribution in [0, 0.1) is 11.3 Å². The van der Waals surface area contributed by atoms with Gasteiger partial charge in [0.25, 0.3) is 0 Å². The van der Waals surface area contributed by atoms with Gasteiger partial charge in [-0.25, -0.2) is 0 Å². The number of hydrogen-bond donors (Lipinski definition) is 1. The van der Waals surface area contributed by atoms with Gasteiger partial charge in [0, 0.05) is 38.3 Å². The van der Waals surface area contributed by atoms with E-state index in [0.717, 1.165) is 31.5 Å². The van der Waals surface area contributed by atoms with E-state index in [-0.39, 0.29) is 0 Å². The standard InChI is InChI=1S/C22H39N3O2S/c1-3-20(28)25-10-5-6-19(25)17-7-11-23(12-8-17)18-14-22(15-18)9-13-24(16-22)21(26)27-4-2/h17-19,21,26H,3-16H2,1-2H3/t18?,19-,21?,22?/m0/s1. The van der Waals surface area contributed by atoms with E-state index in [2.05, 4.69) is 21.6 Å². The van der Waals surface area contributed by atoms with Crippen LogP contribution in [0.2, 0.25) is 0 Å². The highest BCUT2D eigenvalue weighted by Crippen LogP contribution is 2.51. The van der Waals surface area contributed by atoms with E-state index in [1.807, 2.05) is 6.92 Å². The Kier molecular flexibility index (Phi) is 6.63. The molecule has 1 spiro atoms. The lowest BCUT2D eigenvalue weighted by Crippen LogP contribution is -2.55. The predicted octanol–water partition coefficient (Wildman–Crippen LogP) is 3.07. The molecule has 6 heteroatoms. The summed E-state index contributed by atoms with van der Waals surface area (Å²) in [7, 11) is 0. The highest BCUT2D eigenvalue weighted by Gasteiger charge is 2.51. The van der Waals surface area contributed by atoms with Crippen molar-refractivity contribution in [3.05, 3.63) is 0 Å². The Balaban J connectivity index is 1.22. The fourth-order valence-electron chi connectivity index (χ4n) is 6.41. The molecule has 2 atom stereocenters. The molecule has 160 valence electrons. The zero-order valence-electron chi connectivity index (χ0n) is 17.8. The topological polar surface area (TPSA) is 39.2 Å². The molecular formula is C22H39N3O2S. The van der Waals surface area contributed by atoms with E-state index < -0.39 is 6.41 Å². The number of likely N-dealkylation sites (tertiary alicyclic amines) is 3. The fraction of sp³-hybridized carbons (Fsp3) is 0.955. The minimum absolute atomic E-state index is 0.440. The molecule has 0 bridgehead atoms. The minimum atomic E-state index is -0.706. The van der Waals surface area contributed by atoms with E-state index in [9.17, 15) is 5.11 Å². The molecule has 0 radical (unpaired) electrons. The molecule has 3 saturated heterocycles. The first-order valence-corrected chi connectivity index (χ1v) is 12.0. The first kappa shape index (κ1) is 21.0. The number of ether oxygens (including phenoxy) is 1. The van der Waals surface area contributed by atoms with E-state index in [1.54, 1.807) is 0 Å². The van der Waals surface area contributed by atoms with Gasteiger partial charge in [0.05, 0.1) is 4.99 Å². The summed E-state index contributed by atoms with van der Waals surface area (Å²) in [5.74, 6) is 0.834. The number of hydrogen-bond acceptors (Lipinski definition) is 5. The van der Waals surface area contributed by atoms with Gasteiger partial charge < -0.3 is 19.6 Å². The lowest BCUT2D eigenvalue weighted by Gasteiger charge is -2.52. The van der Waals surface area contributed by atoms with Crippen molar-refractivity contribution < 1.29 is 9.84 Å². The lowest BCUT2D eigenvalue weighted by atomic mass is 9.64. The zero-order chi connectivity index (χ0) is 19.7. The van der Waals surface area contributed by atoms with E-state index in [0.29, 0.717) is 18.1 Å². The van der Waals surface area contributed by atoms with Crippen molar-refractivity contribution in [2.75, 3.05) is 39.3 Å². The number of aliphatic hydroxyl groups is 1. The second kappa shape index (κ2) is 8.84. The molecular weight excluding hydrogens is 370 g/mol. The molecule has 4 rings (SSSR count). The van der Waals surface area contributed by atoms with Crippen LogP contribution in [0.1, 0.15) is 65.2 Å². The van der Waals surface area contributed by atoms with Gasteiger partial charge in [-0.2, -0.15) is 0 Å². The number of nitrogens with zero attached hydrogens (tertiary/aromatic N) is 3. The molecule has 1 saturated carbocycles. The van der Waals surface area contributed by atoms with Crippen LogP contribution >= 0.6 is 12.2 Å². The number of rotatable bonds is 6. The summed E-state index contributed by atoms with van der Waals surface area (Å²) in [5.41, 5.74) is 0.440. The van der Waals surface area contributed by atoms with E-state index in [1.165, 1.54) is 69.6 Å². The molecule has 3 aliphatic heterocycles. The molecule has 1 unspecified atom stereocenters. The predicted molar refractivity (Wildman–Crippen MR) is 116 cm³/mol. The van der Waals surface area contributed by atoms with Crippen molar-refractivity contribution in [3.63, 3.8) is 0 Å². The van der Waals surface area contributed by atoms with E-state index >= 15 is 0 Å². The normalized spacial score (nSPS) is 36.2. The van der Waals surface area contributed by atoms with Gasteiger partial charge in [0.15, 0.2) is 0 Å². The third-order valence-electron chi connectivity index (χ3n) is 7.99. The van der Waals surface area contributed by atoms with Crippen LogP contribution < -0.4 is 0 Å². The van der Waals surface area contributed by atoms with Crippen LogP contribution in [0.3, 0.4) is 0 Å². The minimum Gasteiger partial charge on any atom is -0.363 e. The Hall–Kier alpha value is -0.270. The molecule has 1 N–H and O–H groups in total. The SMILES string of the molecule is CCOC(O)N1CCC2(CC(N3CCC([C@@H]4CCCN4C(=S)CC)CC3)C2)C1. The van der Waals surface area contributed by atoms with Crippen molar-refractivity contribution in [2.45, 2.75) is 83.7 Å². The van der Waals surface area contributed by atoms with Crippen LogP contribution in [0.4, 0.5) is 0 Å². The number of piperidine rings is 1. The molecule has 4 fully saturated rings. The first-order valence-electron chi connectivity index (χ1n) is 11.6. The molecule has 5 nitrogen and oxygen atoms in total. The van der Waals surface area contributed by atoms with Gasteiger partial charge in [0.2, 0.25) is 6.41 Å². The zero-order valence-corrected chi connectivity index (χ0v) is 18.6.